The molecule has 0 aliphatic rings. The summed E-state index contributed by atoms with van der Waals surface area (Å²) in [7, 11) is 0. The summed E-state index contributed by atoms with van der Waals surface area (Å²) in [6, 6.07) is 19.6. The Balaban J connectivity index is 1.70. The zero-order chi connectivity index (χ0) is 19.2. The highest BCUT2D eigenvalue weighted by molar-refractivity contribution is 6.04. The number of nitrogens with zero attached hydrogens (tertiary/aromatic N) is 1. The van der Waals surface area contributed by atoms with E-state index in [9.17, 15) is 4.79 Å². The van der Waals surface area contributed by atoms with Gasteiger partial charge >= 0.3 is 0 Å². The van der Waals surface area contributed by atoms with E-state index in [0.29, 0.717) is 11.5 Å². The summed E-state index contributed by atoms with van der Waals surface area (Å²) >= 11 is 0. The van der Waals surface area contributed by atoms with Crippen molar-refractivity contribution in [1.82, 2.24) is 4.98 Å². The van der Waals surface area contributed by atoms with Gasteiger partial charge in [-0.1, -0.05) is 50.6 Å². The molecule has 1 N–H and O–H groups in total. The van der Waals surface area contributed by atoms with Gasteiger partial charge in [0, 0.05) is 23.0 Å². The third kappa shape index (κ3) is 4.82. The van der Waals surface area contributed by atoms with E-state index in [1.807, 2.05) is 61.7 Å². The van der Waals surface area contributed by atoms with E-state index in [-0.39, 0.29) is 5.91 Å². The Morgan fingerprint density at radius 2 is 1.85 bits per heavy atom. The van der Waals surface area contributed by atoms with Crippen LogP contribution in [0, 0.1) is 6.92 Å². The minimum Gasteiger partial charge on any atom is -0.322 e. The highest BCUT2D eigenvalue weighted by atomic mass is 16.1. The van der Waals surface area contributed by atoms with Crippen LogP contribution in [0.3, 0.4) is 0 Å². The summed E-state index contributed by atoms with van der Waals surface area (Å²) in [5.74, 6) is 0.424. The van der Waals surface area contributed by atoms with Crippen molar-refractivity contribution in [1.29, 1.82) is 0 Å². The van der Waals surface area contributed by atoms with Gasteiger partial charge in [-0.3, -0.25) is 9.78 Å². The molecule has 1 amide bonds. The quantitative estimate of drug-likeness (QED) is 0.569. The molecule has 1 heterocycles. The van der Waals surface area contributed by atoms with Crippen LogP contribution in [-0.2, 0) is 0 Å². The molecule has 2 aromatic carbocycles. The molecule has 138 valence electrons. The van der Waals surface area contributed by atoms with Crippen LogP contribution in [-0.4, -0.2) is 10.9 Å². The predicted molar refractivity (Wildman–Crippen MR) is 112 cm³/mol. The molecule has 0 saturated heterocycles. The number of carbonyl (C=O) groups excluding carboxylic acids is 1. The summed E-state index contributed by atoms with van der Waals surface area (Å²) in [4.78, 5) is 17.0. The number of amides is 1. The number of benzene rings is 2. The van der Waals surface area contributed by atoms with E-state index in [1.54, 1.807) is 0 Å². The van der Waals surface area contributed by atoms with Gasteiger partial charge < -0.3 is 5.32 Å². The normalized spacial score (nSPS) is 11.8. The molecular formula is C24H26N2O. The van der Waals surface area contributed by atoms with Gasteiger partial charge in [-0.05, 0) is 60.7 Å². The first kappa shape index (κ1) is 18.8. The van der Waals surface area contributed by atoms with Gasteiger partial charge in [-0.2, -0.15) is 0 Å². The van der Waals surface area contributed by atoms with Crippen molar-refractivity contribution in [3.05, 3.63) is 83.6 Å². The fourth-order valence-electron chi connectivity index (χ4n) is 3.19. The molecule has 3 aromatic rings. The van der Waals surface area contributed by atoms with Gasteiger partial charge in [0.15, 0.2) is 0 Å². The average molecular weight is 358 g/mol. The Morgan fingerprint density at radius 3 is 2.48 bits per heavy atom. The molecule has 1 unspecified atom stereocenters. The van der Waals surface area contributed by atoms with E-state index in [1.165, 1.54) is 18.4 Å². The summed E-state index contributed by atoms with van der Waals surface area (Å²) in [5.41, 5.74) is 5.77. The molecule has 27 heavy (non-hydrogen) atoms. The highest BCUT2D eigenvalue weighted by Gasteiger charge is 2.09. The second kappa shape index (κ2) is 8.63. The Kier molecular flexibility index (Phi) is 6.02. The van der Waals surface area contributed by atoms with Crippen molar-refractivity contribution in [2.24, 2.45) is 0 Å². The van der Waals surface area contributed by atoms with E-state index in [2.05, 4.69) is 36.3 Å². The number of hydrogen-bond acceptors (Lipinski definition) is 2. The number of carbonyl (C=O) groups is 1. The maximum atomic E-state index is 12.4. The molecule has 0 saturated carbocycles. The van der Waals surface area contributed by atoms with Gasteiger partial charge in [0.25, 0.3) is 5.91 Å². The maximum absolute atomic E-state index is 12.4. The second-order valence-corrected chi connectivity index (χ2v) is 7.07. The summed E-state index contributed by atoms with van der Waals surface area (Å²) in [6.07, 6.45) is 4.31. The lowest BCUT2D eigenvalue weighted by molar-refractivity contribution is 0.102. The molecule has 1 aromatic heterocycles. The lowest BCUT2D eigenvalue weighted by Crippen LogP contribution is -2.11. The molecule has 3 nitrogen and oxygen atoms in total. The van der Waals surface area contributed by atoms with Crippen LogP contribution in [0.25, 0.3) is 11.3 Å². The second-order valence-electron chi connectivity index (χ2n) is 7.07. The minimum absolute atomic E-state index is 0.108. The SMILES string of the molecule is CCCC(C)c1ccc(-c2ccc(C(=O)Nc3cccc(C)c3)cc2)nc1. The highest BCUT2D eigenvalue weighted by Crippen LogP contribution is 2.23. The van der Waals surface area contributed by atoms with Crippen LogP contribution in [0.2, 0.25) is 0 Å². The molecule has 0 aliphatic heterocycles. The Bertz CT molecular complexity index is 898. The summed E-state index contributed by atoms with van der Waals surface area (Å²) in [5, 5.41) is 2.94. The lowest BCUT2D eigenvalue weighted by atomic mass is 9.97. The van der Waals surface area contributed by atoms with E-state index >= 15 is 0 Å². The van der Waals surface area contributed by atoms with Crippen LogP contribution in [0.5, 0.6) is 0 Å². The van der Waals surface area contributed by atoms with Gasteiger partial charge in [0.2, 0.25) is 0 Å². The van der Waals surface area contributed by atoms with Crippen LogP contribution >= 0.6 is 0 Å². The van der Waals surface area contributed by atoms with Gasteiger partial charge in [-0.15, -0.1) is 0 Å². The van der Waals surface area contributed by atoms with Gasteiger partial charge in [0.1, 0.15) is 0 Å². The topological polar surface area (TPSA) is 42.0 Å². The number of aromatic nitrogens is 1. The Morgan fingerprint density at radius 1 is 1.07 bits per heavy atom. The Labute approximate surface area is 161 Å². The van der Waals surface area contributed by atoms with E-state index in [0.717, 1.165) is 22.5 Å². The molecule has 0 aliphatic carbocycles. The van der Waals surface area contributed by atoms with Crippen molar-refractivity contribution >= 4 is 11.6 Å². The van der Waals surface area contributed by atoms with Gasteiger partial charge in [-0.25, -0.2) is 0 Å². The largest absolute Gasteiger partial charge is 0.322 e. The number of hydrogen-bond donors (Lipinski definition) is 1. The third-order valence-corrected chi connectivity index (χ3v) is 4.80. The van der Waals surface area contributed by atoms with Crippen molar-refractivity contribution in [2.45, 2.75) is 39.5 Å². The van der Waals surface area contributed by atoms with Crippen molar-refractivity contribution in [3.63, 3.8) is 0 Å². The van der Waals surface area contributed by atoms with Crippen molar-refractivity contribution in [3.8, 4) is 11.3 Å². The van der Waals surface area contributed by atoms with E-state index < -0.39 is 0 Å². The van der Waals surface area contributed by atoms with Crippen molar-refractivity contribution in [2.75, 3.05) is 5.32 Å². The van der Waals surface area contributed by atoms with Crippen LogP contribution < -0.4 is 5.32 Å². The lowest BCUT2D eigenvalue weighted by Gasteiger charge is -2.11. The molecule has 0 fully saturated rings. The van der Waals surface area contributed by atoms with Crippen LogP contribution in [0.1, 0.15) is 54.1 Å². The minimum atomic E-state index is -0.108. The number of rotatable bonds is 6. The average Bonchev–Trinajstić information content (AvgIpc) is 2.68. The van der Waals surface area contributed by atoms with E-state index in [4.69, 9.17) is 0 Å². The fourth-order valence-corrected chi connectivity index (χ4v) is 3.19. The zero-order valence-corrected chi connectivity index (χ0v) is 16.2. The monoisotopic (exact) mass is 358 g/mol. The number of anilines is 1. The first-order valence-electron chi connectivity index (χ1n) is 9.51. The molecule has 0 radical (unpaired) electrons. The number of pyridine rings is 1. The molecule has 3 heteroatoms. The third-order valence-electron chi connectivity index (χ3n) is 4.80. The standard InChI is InChI=1S/C24H26N2O/c1-4-6-18(3)21-13-14-23(25-16-21)19-9-11-20(12-10-19)24(27)26-22-8-5-7-17(2)15-22/h5,7-16,18H,4,6H2,1-3H3,(H,26,27). The van der Waals surface area contributed by atoms with Crippen LogP contribution in [0.15, 0.2) is 66.9 Å². The maximum Gasteiger partial charge on any atom is 0.255 e. The molecule has 0 bridgehead atoms. The molecule has 3 rings (SSSR count). The predicted octanol–water partition coefficient (Wildman–Crippen LogP) is 6.21. The zero-order valence-electron chi connectivity index (χ0n) is 16.2. The first-order chi connectivity index (χ1) is 13.1. The summed E-state index contributed by atoms with van der Waals surface area (Å²) < 4.78 is 0. The molecule has 1 atom stereocenters. The molecule has 0 spiro atoms. The summed E-state index contributed by atoms with van der Waals surface area (Å²) in [6.45, 7) is 6.45. The smallest absolute Gasteiger partial charge is 0.255 e. The van der Waals surface area contributed by atoms with Gasteiger partial charge in [0.05, 0.1) is 5.69 Å². The first-order valence-corrected chi connectivity index (χ1v) is 9.51. The van der Waals surface area contributed by atoms with Crippen LogP contribution in [0.4, 0.5) is 5.69 Å². The fraction of sp³-hybridized carbons (Fsp3) is 0.250. The number of aryl methyl sites for hydroxylation is 1. The van der Waals surface area contributed by atoms with Crippen molar-refractivity contribution < 1.29 is 4.79 Å². The Hall–Kier alpha value is -2.94. The number of nitrogens with one attached hydrogen (secondary N) is 1. The molecular weight excluding hydrogens is 332 g/mol.